The second-order valence-corrected chi connectivity index (χ2v) is 10.4. The molecule has 5 aromatic rings. The fourth-order valence-electron chi connectivity index (χ4n) is 3.99. The van der Waals surface area contributed by atoms with Gasteiger partial charge in [0.25, 0.3) is 5.91 Å². The van der Waals surface area contributed by atoms with Crippen LogP contribution in [0.15, 0.2) is 101 Å². The van der Waals surface area contributed by atoms with E-state index in [9.17, 15) is 23.1 Å². The Morgan fingerprint density at radius 1 is 1.00 bits per heavy atom. The van der Waals surface area contributed by atoms with Gasteiger partial charge in [-0.05, 0) is 47.5 Å². The van der Waals surface area contributed by atoms with Crippen molar-refractivity contribution in [2.75, 3.05) is 5.32 Å². The molecule has 11 heteroatoms. The molecular weight excluding hydrogens is 508 g/mol. The quantitative estimate of drug-likeness (QED) is 0.227. The van der Waals surface area contributed by atoms with E-state index in [4.69, 9.17) is 4.42 Å². The lowest BCUT2D eigenvalue weighted by atomic mass is 10.1. The van der Waals surface area contributed by atoms with Gasteiger partial charge in [0.2, 0.25) is 6.04 Å². The molecule has 2 heterocycles. The number of para-hydroxylation sites is 1. The Kier molecular flexibility index (Phi) is 6.77. The van der Waals surface area contributed by atoms with Crippen LogP contribution in [0, 0.1) is 0 Å². The van der Waals surface area contributed by atoms with Crippen molar-refractivity contribution in [1.82, 2.24) is 9.97 Å². The number of carboxylic acids is 1. The van der Waals surface area contributed by atoms with E-state index in [2.05, 4.69) is 15.3 Å². The maximum atomic E-state index is 12.9. The largest absolute Gasteiger partial charge is 0.477 e. The Morgan fingerprint density at radius 2 is 1.68 bits per heavy atom. The van der Waals surface area contributed by atoms with Crippen molar-refractivity contribution in [3.05, 3.63) is 103 Å². The van der Waals surface area contributed by atoms with Crippen LogP contribution in [-0.4, -0.2) is 41.4 Å². The number of aromatic nitrogens is 2. The van der Waals surface area contributed by atoms with Crippen molar-refractivity contribution < 1.29 is 32.3 Å². The first-order valence-corrected chi connectivity index (χ1v) is 13.1. The molecule has 0 radical (unpaired) electrons. The lowest BCUT2D eigenvalue weighted by molar-refractivity contribution is -0.527. The molecule has 2 aromatic heterocycles. The van der Waals surface area contributed by atoms with Crippen molar-refractivity contribution in [1.29, 1.82) is 0 Å². The van der Waals surface area contributed by atoms with Gasteiger partial charge in [0, 0.05) is 23.0 Å². The van der Waals surface area contributed by atoms with E-state index < -0.39 is 22.0 Å². The van der Waals surface area contributed by atoms with Crippen LogP contribution in [0.1, 0.15) is 16.2 Å². The van der Waals surface area contributed by atoms with Gasteiger partial charge in [-0.15, -0.1) is 0 Å². The maximum absolute atomic E-state index is 12.9. The summed E-state index contributed by atoms with van der Waals surface area (Å²) in [6.07, 6.45) is 2.84. The van der Waals surface area contributed by atoms with Crippen LogP contribution in [0.4, 0.5) is 5.69 Å². The van der Waals surface area contributed by atoms with Crippen molar-refractivity contribution in [2.45, 2.75) is 17.4 Å². The zero-order valence-corrected chi connectivity index (χ0v) is 20.7. The second kappa shape index (κ2) is 10.3. The molecule has 0 saturated heterocycles. The molecule has 0 aliphatic heterocycles. The van der Waals surface area contributed by atoms with Gasteiger partial charge in [0.05, 0.1) is 12.7 Å². The molecule has 0 fully saturated rings. The molecular formula is C27H23N4O6S+. The first kappa shape index (κ1) is 24.9. The Hall–Kier alpha value is -4.74. The second-order valence-electron chi connectivity index (χ2n) is 8.61. The highest BCUT2D eigenvalue weighted by Crippen LogP contribution is 2.24. The van der Waals surface area contributed by atoms with Crippen LogP contribution in [0.25, 0.3) is 22.1 Å². The van der Waals surface area contributed by atoms with Crippen molar-refractivity contribution >= 4 is 38.6 Å². The number of carboxylic acid groups (broad SMARTS) is 1. The van der Waals surface area contributed by atoms with Gasteiger partial charge < -0.3 is 19.8 Å². The van der Waals surface area contributed by atoms with E-state index in [-0.39, 0.29) is 23.0 Å². The van der Waals surface area contributed by atoms with Crippen LogP contribution in [0.3, 0.4) is 0 Å². The number of carbonyl (C=O) groups is 2. The molecule has 3 aromatic carbocycles. The number of nitrogens with zero attached hydrogens (tertiary/aromatic N) is 1. The average molecular weight is 532 g/mol. The van der Waals surface area contributed by atoms with E-state index in [1.165, 1.54) is 24.7 Å². The summed E-state index contributed by atoms with van der Waals surface area (Å²) in [6, 6.07) is 21.1. The number of benzene rings is 3. The van der Waals surface area contributed by atoms with Gasteiger partial charge in [0.1, 0.15) is 10.5 Å². The number of carbonyl (C=O) groups excluding carboxylic acids is 1. The Balaban J connectivity index is 1.25. The summed E-state index contributed by atoms with van der Waals surface area (Å²) in [7, 11) is -3.96. The van der Waals surface area contributed by atoms with Crippen molar-refractivity contribution in [2.24, 2.45) is 0 Å². The van der Waals surface area contributed by atoms with E-state index in [1.54, 1.807) is 48.5 Å². The number of aromatic amines is 1. The van der Waals surface area contributed by atoms with E-state index in [0.717, 1.165) is 21.2 Å². The number of furan rings is 1. The summed E-state index contributed by atoms with van der Waals surface area (Å²) in [4.78, 5) is 30.8. The number of hydrogen-bond donors (Lipinski definition) is 4. The number of fused-ring (bicyclic) bond motifs is 1. The van der Waals surface area contributed by atoms with Gasteiger partial charge >= 0.3 is 16.0 Å². The number of anilines is 1. The smallest absolute Gasteiger partial charge is 0.364 e. The fourth-order valence-corrected chi connectivity index (χ4v) is 5.31. The SMILES string of the molecule is O=C(Nc1ccc(-c2ccc(S(=O)(=O)[NH2+][C@@H](Cc3cnc[nH]3)C(=O)O)cc2)cc1)c1cc2ccccc2o1. The molecule has 0 unspecified atom stereocenters. The third kappa shape index (κ3) is 5.48. The monoisotopic (exact) mass is 531 g/mol. The highest BCUT2D eigenvalue weighted by atomic mass is 32.2. The van der Waals surface area contributed by atoms with E-state index >= 15 is 0 Å². The van der Waals surface area contributed by atoms with Crippen LogP contribution in [-0.2, 0) is 21.2 Å². The molecule has 38 heavy (non-hydrogen) atoms. The molecule has 5 N–H and O–H groups in total. The zero-order chi connectivity index (χ0) is 26.7. The lowest BCUT2D eigenvalue weighted by Gasteiger charge is -2.11. The Morgan fingerprint density at radius 3 is 2.32 bits per heavy atom. The molecule has 5 rings (SSSR count). The number of sulfonamides is 1. The lowest BCUT2D eigenvalue weighted by Crippen LogP contribution is -2.94. The number of amides is 1. The van der Waals surface area contributed by atoms with Gasteiger partial charge in [-0.3, -0.25) is 4.79 Å². The fraction of sp³-hybridized carbons (Fsp3) is 0.0741. The first-order chi connectivity index (χ1) is 18.3. The van der Waals surface area contributed by atoms with Crippen LogP contribution < -0.4 is 10.0 Å². The predicted molar refractivity (Wildman–Crippen MR) is 139 cm³/mol. The Bertz CT molecular complexity index is 1660. The molecule has 0 aliphatic carbocycles. The predicted octanol–water partition coefficient (Wildman–Crippen LogP) is 3.02. The zero-order valence-electron chi connectivity index (χ0n) is 19.9. The number of primary sulfonamides is 1. The third-order valence-corrected chi connectivity index (χ3v) is 7.58. The van der Waals surface area contributed by atoms with Gasteiger partial charge in [-0.25, -0.2) is 14.5 Å². The molecule has 1 amide bonds. The summed E-state index contributed by atoms with van der Waals surface area (Å²) in [6.45, 7) is 0. The normalized spacial score (nSPS) is 12.3. The van der Waals surface area contributed by atoms with Gasteiger partial charge in [-0.2, -0.15) is 8.42 Å². The number of nitrogens with one attached hydrogen (secondary N) is 2. The maximum Gasteiger partial charge on any atom is 0.364 e. The molecule has 0 bridgehead atoms. The summed E-state index contributed by atoms with van der Waals surface area (Å²) < 4.78 is 32.2. The third-order valence-electron chi connectivity index (χ3n) is 5.96. The Labute approximate surface area is 217 Å². The number of H-pyrrole nitrogens is 1. The summed E-state index contributed by atoms with van der Waals surface area (Å²) >= 11 is 0. The minimum Gasteiger partial charge on any atom is -0.477 e. The summed E-state index contributed by atoms with van der Waals surface area (Å²) in [5.74, 6) is -1.40. The number of imidazole rings is 1. The average Bonchev–Trinajstić information content (AvgIpc) is 3.59. The highest BCUT2D eigenvalue weighted by molar-refractivity contribution is 7.84. The summed E-state index contributed by atoms with van der Waals surface area (Å²) in [5, 5.41) is 13.1. The number of nitrogens with two attached hydrogens (primary N) is 1. The number of rotatable bonds is 9. The first-order valence-electron chi connectivity index (χ1n) is 11.6. The van der Waals surface area contributed by atoms with Gasteiger partial charge in [0.15, 0.2) is 5.76 Å². The number of hydrogen-bond acceptors (Lipinski definition) is 6. The minimum atomic E-state index is -3.96. The minimum absolute atomic E-state index is 0.00757. The van der Waals surface area contributed by atoms with Gasteiger partial charge in [-0.1, -0.05) is 42.5 Å². The topological polar surface area (TPSA) is 159 Å². The van der Waals surface area contributed by atoms with E-state index in [1.807, 2.05) is 18.2 Å². The molecule has 10 nitrogen and oxygen atoms in total. The molecule has 0 aliphatic rings. The van der Waals surface area contributed by atoms with Crippen LogP contribution in [0.2, 0.25) is 0 Å². The van der Waals surface area contributed by atoms with Crippen molar-refractivity contribution in [3.8, 4) is 11.1 Å². The highest BCUT2D eigenvalue weighted by Gasteiger charge is 2.30. The van der Waals surface area contributed by atoms with Crippen LogP contribution in [0.5, 0.6) is 0 Å². The molecule has 192 valence electrons. The van der Waals surface area contributed by atoms with E-state index in [0.29, 0.717) is 17.0 Å². The number of aliphatic carboxylic acids is 1. The molecule has 1 atom stereocenters. The number of quaternary nitrogens is 1. The molecule has 0 saturated carbocycles. The van der Waals surface area contributed by atoms with Crippen LogP contribution >= 0.6 is 0 Å². The standard InChI is InChI=1S/C27H22N4O6S/c32-26(25-13-19-3-1-2-4-24(19)37-25)30-20-9-5-17(6-10-20)18-7-11-22(12-8-18)38(35,36)31-23(27(33)34)14-21-15-28-16-29-21/h1-13,15-16,23,31H,14H2,(H,28,29)(H,30,32)(H,33,34)/p+1/t23-/m0/s1. The van der Waals surface area contributed by atoms with Crippen molar-refractivity contribution in [3.63, 3.8) is 0 Å². The summed E-state index contributed by atoms with van der Waals surface area (Å²) in [5.41, 5.74) is 3.29. The molecule has 0 spiro atoms.